The van der Waals surface area contributed by atoms with Crippen LogP contribution < -0.4 is 15.0 Å². The lowest BCUT2D eigenvalue weighted by molar-refractivity contribution is 0.298. The summed E-state index contributed by atoms with van der Waals surface area (Å²) in [6.45, 7) is 6.61. The van der Waals surface area contributed by atoms with Gasteiger partial charge in [-0.1, -0.05) is 35.7 Å². The van der Waals surface area contributed by atoms with Crippen LogP contribution in [0.15, 0.2) is 44.7 Å². The molecule has 1 aromatic heterocycles. The molecule has 0 aliphatic carbocycles. The van der Waals surface area contributed by atoms with E-state index in [1.807, 2.05) is 38.1 Å². The molecule has 32 heavy (non-hydrogen) atoms. The molecular weight excluding hydrogens is 585 g/mol. The largest absolute Gasteiger partial charge is 0.490 e. The molecular formula is C24H23BrIN3O3. The van der Waals surface area contributed by atoms with Crippen molar-refractivity contribution in [1.29, 1.82) is 0 Å². The summed E-state index contributed by atoms with van der Waals surface area (Å²) in [6, 6.07) is 9.21. The van der Waals surface area contributed by atoms with E-state index in [4.69, 9.17) is 20.9 Å². The monoisotopic (exact) mass is 607 g/mol. The minimum Gasteiger partial charge on any atom is -0.490 e. The third-order valence-corrected chi connectivity index (χ3v) is 6.13. The number of benzene rings is 2. The van der Waals surface area contributed by atoms with Gasteiger partial charge in [0.05, 0.1) is 27.3 Å². The van der Waals surface area contributed by atoms with Gasteiger partial charge in [0.2, 0.25) is 0 Å². The van der Waals surface area contributed by atoms with Crippen LogP contribution in [0.25, 0.3) is 10.9 Å². The average Bonchev–Trinajstić information content (AvgIpc) is 2.78. The number of hydrogen-bond acceptors (Lipinski definition) is 5. The Labute approximate surface area is 209 Å². The first-order valence-corrected chi connectivity index (χ1v) is 12.1. The van der Waals surface area contributed by atoms with E-state index in [2.05, 4.69) is 56.5 Å². The molecule has 166 valence electrons. The maximum Gasteiger partial charge on any atom is 0.282 e. The Kier molecular flexibility index (Phi) is 8.32. The van der Waals surface area contributed by atoms with Crippen LogP contribution in [-0.2, 0) is 0 Å². The molecule has 0 saturated heterocycles. The van der Waals surface area contributed by atoms with Gasteiger partial charge in [0.25, 0.3) is 5.56 Å². The molecule has 0 N–H and O–H groups in total. The van der Waals surface area contributed by atoms with Crippen LogP contribution in [0.4, 0.5) is 0 Å². The van der Waals surface area contributed by atoms with E-state index in [1.165, 1.54) is 4.68 Å². The Balaban J connectivity index is 2.12. The first kappa shape index (κ1) is 24.3. The van der Waals surface area contributed by atoms with Crippen LogP contribution in [0.3, 0.4) is 0 Å². The summed E-state index contributed by atoms with van der Waals surface area (Å²) in [6.07, 6.45) is 7.79. The number of fused-ring (bicyclic) bond motifs is 1. The zero-order valence-corrected chi connectivity index (χ0v) is 21.8. The highest BCUT2D eigenvalue weighted by Gasteiger charge is 2.16. The molecule has 1 heterocycles. The molecule has 0 bridgehead atoms. The summed E-state index contributed by atoms with van der Waals surface area (Å²) in [7, 11) is 0. The Morgan fingerprint density at radius 2 is 2.09 bits per heavy atom. The van der Waals surface area contributed by atoms with Crippen molar-refractivity contribution in [3.05, 3.63) is 60.1 Å². The first-order chi connectivity index (χ1) is 15.4. The number of terminal acetylenes is 1. The van der Waals surface area contributed by atoms with E-state index in [0.717, 1.165) is 20.0 Å². The molecule has 0 radical (unpaired) electrons. The number of halogens is 2. The van der Waals surface area contributed by atoms with Crippen molar-refractivity contribution >= 4 is 55.6 Å². The van der Waals surface area contributed by atoms with Gasteiger partial charge in [0.15, 0.2) is 11.5 Å². The molecule has 3 aromatic rings. The lowest BCUT2D eigenvalue weighted by atomic mass is 10.1. The number of rotatable bonds is 8. The number of hydrogen-bond donors (Lipinski definition) is 0. The fourth-order valence-corrected chi connectivity index (χ4v) is 4.22. The summed E-state index contributed by atoms with van der Waals surface area (Å²) in [5.41, 5.74) is 1.21. The van der Waals surface area contributed by atoms with Gasteiger partial charge in [-0.15, -0.1) is 6.42 Å². The standard InChI is InChI=1S/C24H23BrIN3O3/c1-5-10-32-22-19(26)11-16(12-21(22)31-7-3)14-27-29-23(15(4)6-2)28-20-9-8-17(25)13-18(20)24(29)30/h1,8-9,11-15H,6-7,10H2,2-4H3/t15-/m0/s1. The highest BCUT2D eigenvalue weighted by atomic mass is 127. The number of nitrogens with zero attached hydrogens (tertiary/aromatic N) is 3. The van der Waals surface area contributed by atoms with Crippen molar-refractivity contribution in [3.63, 3.8) is 0 Å². The second kappa shape index (κ2) is 11.0. The van der Waals surface area contributed by atoms with Crippen molar-refractivity contribution < 1.29 is 9.47 Å². The van der Waals surface area contributed by atoms with Crippen LogP contribution in [0, 0.1) is 15.9 Å². The van der Waals surface area contributed by atoms with Crippen molar-refractivity contribution in [1.82, 2.24) is 9.66 Å². The molecule has 8 heteroatoms. The Morgan fingerprint density at radius 3 is 2.78 bits per heavy atom. The average molecular weight is 608 g/mol. The fourth-order valence-electron chi connectivity index (χ4n) is 3.08. The predicted octanol–water partition coefficient (Wildman–Crippen LogP) is 5.57. The van der Waals surface area contributed by atoms with Gasteiger partial charge in [-0.05, 0) is 71.8 Å². The van der Waals surface area contributed by atoms with Crippen LogP contribution in [0.5, 0.6) is 11.5 Å². The number of aromatic nitrogens is 2. The van der Waals surface area contributed by atoms with Gasteiger partial charge < -0.3 is 9.47 Å². The van der Waals surface area contributed by atoms with Crippen molar-refractivity contribution in [2.24, 2.45) is 5.10 Å². The lowest BCUT2D eigenvalue weighted by Crippen LogP contribution is -2.23. The molecule has 3 rings (SSSR count). The van der Waals surface area contributed by atoms with Gasteiger partial charge in [0.1, 0.15) is 12.4 Å². The van der Waals surface area contributed by atoms with Gasteiger partial charge in [0, 0.05) is 10.4 Å². The molecule has 0 unspecified atom stereocenters. The third kappa shape index (κ3) is 5.33. The molecule has 0 amide bonds. The highest BCUT2D eigenvalue weighted by molar-refractivity contribution is 14.1. The van der Waals surface area contributed by atoms with E-state index >= 15 is 0 Å². The Morgan fingerprint density at radius 1 is 1.31 bits per heavy atom. The SMILES string of the molecule is C#CCOc1c(I)cc(C=Nn2c([C@@H](C)CC)nc3ccc(Br)cc3c2=O)cc1OCC. The minimum absolute atomic E-state index is 0.0616. The van der Waals surface area contributed by atoms with E-state index < -0.39 is 0 Å². The predicted molar refractivity (Wildman–Crippen MR) is 140 cm³/mol. The summed E-state index contributed by atoms with van der Waals surface area (Å²) in [5.74, 6) is 4.32. The number of ether oxygens (including phenoxy) is 2. The quantitative estimate of drug-likeness (QED) is 0.191. The molecule has 0 aliphatic heterocycles. The van der Waals surface area contributed by atoms with Gasteiger partial charge in [-0.2, -0.15) is 9.78 Å². The summed E-state index contributed by atoms with van der Waals surface area (Å²) in [4.78, 5) is 18.0. The van der Waals surface area contributed by atoms with Crippen molar-refractivity contribution in [3.8, 4) is 23.8 Å². The van der Waals surface area contributed by atoms with Gasteiger partial charge in [-0.25, -0.2) is 4.98 Å². The summed E-state index contributed by atoms with van der Waals surface area (Å²) in [5, 5.41) is 5.03. The van der Waals surface area contributed by atoms with E-state index in [0.29, 0.717) is 34.8 Å². The normalized spacial score (nSPS) is 12.1. The zero-order valence-electron chi connectivity index (χ0n) is 18.1. The zero-order chi connectivity index (χ0) is 23.3. The topological polar surface area (TPSA) is 65.7 Å². The molecule has 1 atom stereocenters. The Bertz CT molecular complexity index is 1260. The fraction of sp³-hybridized carbons (Fsp3) is 0.292. The summed E-state index contributed by atoms with van der Waals surface area (Å²) < 4.78 is 14.4. The van der Waals surface area contributed by atoms with Crippen LogP contribution in [0.2, 0.25) is 0 Å². The maximum atomic E-state index is 13.3. The van der Waals surface area contributed by atoms with Crippen molar-refractivity contribution in [2.45, 2.75) is 33.1 Å². The second-order valence-electron chi connectivity index (χ2n) is 7.06. The van der Waals surface area contributed by atoms with Crippen LogP contribution in [0.1, 0.15) is 44.5 Å². The maximum absolute atomic E-state index is 13.3. The Hall–Kier alpha value is -2.38. The molecule has 0 fully saturated rings. The molecule has 0 aliphatic rings. The molecule has 2 aromatic carbocycles. The highest BCUT2D eigenvalue weighted by Crippen LogP contribution is 2.34. The molecule has 0 spiro atoms. The van der Waals surface area contributed by atoms with Crippen LogP contribution in [-0.4, -0.2) is 29.1 Å². The molecule has 0 saturated carbocycles. The van der Waals surface area contributed by atoms with E-state index in [9.17, 15) is 4.79 Å². The molecule has 6 nitrogen and oxygen atoms in total. The lowest BCUT2D eigenvalue weighted by Gasteiger charge is -2.15. The smallest absolute Gasteiger partial charge is 0.282 e. The van der Waals surface area contributed by atoms with E-state index in [1.54, 1.807) is 12.3 Å². The summed E-state index contributed by atoms with van der Waals surface area (Å²) >= 11 is 5.60. The van der Waals surface area contributed by atoms with Gasteiger partial charge in [-0.3, -0.25) is 4.79 Å². The van der Waals surface area contributed by atoms with Crippen molar-refractivity contribution in [2.75, 3.05) is 13.2 Å². The third-order valence-electron chi connectivity index (χ3n) is 4.84. The second-order valence-corrected chi connectivity index (χ2v) is 9.14. The minimum atomic E-state index is -0.212. The van der Waals surface area contributed by atoms with Crippen LogP contribution >= 0.6 is 38.5 Å². The van der Waals surface area contributed by atoms with E-state index in [-0.39, 0.29) is 18.1 Å². The van der Waals surface area contributed by atoms with Gasteiger partial charge >= 0.3 is 0 Å². The first-order valence-electron chi connectivity index (χ1n) is 10.2.